The summed E-state index contributed by atoms with van der Waals surface area (Å²) in [5.41, 5.74) is 8.26. The van der Waals surface area contributed by atoms with E-state index in [9.17, 15) is 0 Å². The average Bonchev–Trinajstić information content (AvgIpc) is 2.96. The monoisotopic (exact) mass is 293 g/mol. The van der Waals surface area contributed by atoms with Crippen LogP contribution >= 0.6 is 0 Å². The van der Waals surface area contributed by atoms with Crippen LogP contribution in [0.3, 0.4) is 0 Å². The smallest absolute Gasteiger partial charge is 0.0893 e. The predicted molar refractivity (Wildman–Crippen MR) is 86.1 cm³/mol. The summed E-state index contributed by atoms with van der Waals surface area (Å²) in [7, 11) is 0. The van der Waals surface area contributed by atoms with E-state index in [0.29, 0.717) is 13.2 Å². The van der Waals surface area contributed by atoms with E-state index >= 15 is 0 Å². The van der Waals surface area contributed by atoms with Gasteiger partial charge in [0.2, 0.25) is 0 Å². The van der Waals surface area contributed by atoms with Crippen molar-refractivity contribution >= 4 is 0 Å². The lowest BCUT2D eigenvalue weighted by Crippen LogP contribution is -2.44. The zero-order valence-corrected chi connectivity index (χ0v) is 13.9. The van der Waals surface area contributed by atoms with Gasteiger partial charge in [0.1, 0.15) is 0 Å². The van der Waals surface area contributed by atoms with E-state index in [0.717, 1.165) is 37.4 Å². The molecular weight excluding hydrogens is 262 g/mol. The lowest BCUT2D eigenvalue weighted by atomic mass is 9.77. The summed E-state index contributed by atoms with van der Waals surface area (Å²) in [6.07, 6.45) is 6.96. The van der Waals surface area contributed by atoms with Crippen LogP contribution in [0, 0.1) is 5.92 Å². The van der Waals surface area contributed by atoms with Gasteiger partial charge < -0.3 is 10.5 Å². The van der Waals surface area contributed by atoms with Crippen molar-refractivity contribution in [2.75, 3.05) is 6.54 Å². The molecule has 1 aromatic rings. The van der Waals surface area contributed by atoms with E-state index in [1.807, 2.05) is 0 Å². The lowest BCUT2D eigenvalue weighted by Gasteiger charge is -2.39. The van der Waals surface area contributed by atoms with Gasteiger partial charge in [-0.3, -0.25) is 4.68 Å². The molecule has 1 heterocycles. The Bertz CT molecular complexity index is 433. The van der Waals surface area contributed by atoms with Crippen LogP contribution < -0.4 is 5.73 Å². The Kier molecular flexibility index (Phi) is 5.82. The standard InChI is InChI=1S/C17H31N3O/c1-4-14-7-9-17(13-18,10-8-14)21-12-16-11-15(5-2)19-20(16)6-3/h11,14H,4-10,12-13,18H2,1-3H3. The first-order chi connectivity index (χ1) is 10.2. The van der Waals surface area contributed by atoms with Gasteiger partial charge in [0, 0.05) is 13.1 Å². The Balaban J connectivity index is 1.98. The number of nitrogens with zero attached hydrogens (tertiary/aromatic N) is 2. The van der Waals surface area contributed by atoms with Crippen molar-refractivity contribution in [2.45, 2.75) is 78.0 Å². The first-order valence-corrected chi connectivity index (χ1v) is 8.56. The molecule has 0 aromatic carbocycles. The molecular formula is C17H31N3O. The molecule has 120 valence electrons. The lowest BCUT2D eigenvalue weighted by molar-refractivity contribution is -0.0832. The average molecular weight is 293 g/mol. The molecule has 0 spiro atoms. The topological polar surface area (TPSA) is 53.1 Å². The summed E-state index contributed by atoms with van der Waals surface area (Å²) in [6.45, 7) is 8.71. The summed E-state index contributed by atoms with van der Waals surface area (Å²) in [5, 5.41) is 4.59. The summed E-state index contributed by atoms with van der Waals surface area (Å²) in [6, 6.07) is 2.17. The summed E-state index contributed by atoms with van der Waals surface area (Å²) >= 11 is 0. The zero-order valence-electron chi connectivity index (χ0n) is 13.9. The quantitative estimate of drug-likeness (QED) is 0.839. The van der Waals surface area contributed by atoms with Gasteiger partial charge in [-0.1, -0.05) is 20.3 Å². The number of hydrogen-bond acceptors (Lipinski definition) is 3. The van der Waals surface area contributed by atoms with Crippen molar-refractivity contribution in [3.05, 3.63) is 17.5 Å². The van der Waals surface area contributed by atoms with Crippen LogP contribution in [0.25, 0.3) is 0 Å². The largest absolute Gasteiger partial charge is 0.367 e. The Morgan fingerprint density at radius 1 is 1.33 bits per heavy atom. The Hall–Kier alpha value is -0.870. The minimum Gasteiger partial charge on any atom is -0.367 e. The second-order valence-corrected chi connectivity index (χ2v) is 6.32. The third-order valence-corrected chi connectivity index (χ3v) is 5.07. The maximum atomic E-state index is 6.31. The third kappa shape index (κ3) is 3.86. The second-order valence-electron chi connectivity index (χ2n) is 6.32. The van der Waals surface area contributed by atoms with Gasteiger partial charge in [-0.15, -0.1) is 0 Å². The van der Waals surface area contributed by atoms with Crippen LogP contribution in [0.1, 0.15) is 64.3 Å². The SMILES string of the molecule is CCc1cc(COC2(CN)CCC(CC)CC2)n(CC)n1. The van der Waals surface area contributed by atoms with E-state index in [4.69, 9.17) is 10.5 Å². The summed E-state index contributed by atoms with van der Waals surface area (Å²) in [5.74, 6) is 0.862. The molecule has 0 unspecified atom stereocenters. The molecule has 21 heavy (non-hydrogen) atoms. The van der Waals surface area contributed by atoms with Crippen LogP contribution in [-0.4, -0.2) is 21.9 Å². The molecule has 4 nitrogen and oxygen atoms in total. The molecule has 0 aliphatic heterocycles. The molecule has 0 bridgehead atoms. The molecule has 0 saturated heterocycles. The summed E-state index contributed by atoms with van der Waals surface area (Å²) < 4.78 is 8.37. The van der Waals surface area contributed by atoms with Gasteiger partial charge in [-0.25, -0.2) is 0 Å². The minimum atomic E-state index is -0.110. The molecule has 0 atom stereocenters. The highest BCUT2D eigenvalue weighted by molar-refractivity contribution is 5.10. The first-order valence-electron chi connectivity index (χ1n) is 8.56. The Labute approximate surface area is 129 Å². The first kappa shape index (κ1) is 16.5. The van der Waals surface area contributed by atoms with Gasteiger partial charge in [-0.05, 0) is 51.0 Å². The molecule has 1 aliphatic rings. The molecule has 2 rings (SSSR count). The molecule has 1 aliphatic carbocycles. The molecule has 1 aromatic heterocycles. The van der Waals surface area contributed by atoms with E-state index in [-0.39, 0.29) is 5.60 Å². The molecule has 1 saturated carbocycles. The van der Waals surface area contributed by atoms with E-state index in [1.54, 1.807) is 0 Å². The van der Waals surface area contributed by atoms with Gasteiger partial charge >= 0.3 is 0 Å². The van der Waals surface area contributed by atoms with E-state index in [2.05, 4.69) is 36.6 Å². The number of rotatable bonds is 7. The van der Waals surface area contributed by atoms with Crippen molar-refractivity contribution in [1.29, 1.82) is 0 Å². The van der Waals surface area contributed by atoms with Gasteiger partial charge in [0.05, 0.1) is 23.6 Å². The fraction of sp³-hybridized carbons (Fsp3) is 0.824. The maximum absolute atomic E-state index is 6.31. The summed E-state index contributed by atoms with van der Waals surface area (Å²) in [4.78, 5) is 0. The van der Waals surface area contributed by atoms with Crippen molar-refractivity contribution in [3.63, 3.8) is 0 Å². The Morgan fingerprint density at radius 2 is 2.05 bits per heavy atom. The molecule has 1 fully saturated rings. The van der Waals surface area contributed by atoms with Crippen LogP contribution in [0.5, 0.6) is 0 Å². The van der Waals surface area contributed by atoms with Crippen LogP contribution in [-0.2, 0) is 24.3 Å². The van der Waals surface area contributed by atoms with Crippen molar-refractivity contribution in [3.8, 4) is 0 Å². The fourth-order valence-electron chi connectivity index (χ4n) is 3.32. The minimum absolute atomic E-state index is 0.110. The van der Waals surface area contributed by atoms with Crippen molar-refractivity contribution in [2.24, 2.45) is 11.7 Å². The number of aromatic nitrogens is 2. The number of hydrogen-bond donors (Lipinski definition) is 1. The number of ether oxygens (including phenoxy) is 1. The third-order valence-electron chi connectivity index (χ3n) is 5.07. The normalized spacial score (nSPS) is 26.2. The van der Waals surface area contributed by atoms with E-state index < -0.39 is 0 Å². The molecule has 0 radical (unpaired) electrons. The Morgan fingerprint density at radius 3 is 2.57 bits per heavy atom. The van der Waals surface area contributed by atoms with Gasteiger partial charge in [0.15, 0.2) is 0 Å². The van der Waals surface area contributed by atoms with Crippen LogP contribution in [0.2, 0.25) is 0 Å². The van der Waals surface area contributed by atoms with Crippen LogP contribution in [0.4, 0.5) is 0 Å². The van der Waals surface area contributed by atoms with Crippen molar-refractivity contribution < 1.29 is 4.74 Å². The van der Waals surface area contributed by atoms with Crippen molar-refractivity contribution in [1.82, 2.24) is 9.78 Å². The number of nitrogens with two attached hydrogens (primary N) is 1. The maximum Gasteiger partial charge on any atom is 0.0893 e. The molecule has 0 amide bonds. The fourth-order valence-corrected chi connectivity index (χ4v) is 3.32. The number of aryl methyl sites for hydroxylation is 2. The highest BCUT2D eigenvalue weighted by atomic mass is 16.5. The van der Waals surface area contributed by atoms with Gasteiger partial charge in [0.25, 0.3) is 0 Å². The molecule has 4 heteroatoms. The highest BCUT2D eigenvalue weighted by Gasteiger charge is 2.34. The highest BCUT2D eigenvalue weighted by Crippen LogP contribution is 2.36. The van der Waals surface area contributed by atoms with E-state index in [1.165, 1.54) is 25.0 Å². The zero-order chi connectivity index (χ0) is 15.3. The van der Waals surface area contributed by atoms with Gasteiger partial charge in [-0.2, -0.15) is 5.10 Å². The van der Waals surface area contributed by atoms with Crippen LogP contribution in [0.15, 0.2) is 6.07 Å². The molecule has 2 N–H and O–H groups in total. The second kappa shape index (κ2) is 7.41. The predicted octanol–water partition coefficient (Wildman–Crippen LogP) is 3.28.